The zero-order chi connectivity index (χ0) is 34.3. The molecule has 0 radical (unpaired) electrons. The first-order chi connectivity index (χ1) is 22.3. The molecule has 47 heavy (non-hydrogen) atoms. The number of benzene rings is 4. The number of anilines is 1. The first kappa shape index (κ1) is 36.3. The number of hydrogen-bond acceptors (Lipinski definition) is 4. The lowest BCUT2D eigenvalue weighted by Gasteiger charge is -2.34. The zero-order valence-electron chi connectivity index (χ0n) is 26.7. The van der Waals surface area contributed by atoms with E-state index in [1.54, 1.807) is 30.3 Å². The van der Waals surface area contributed by atoms with Crippen LogP contribution >= 0.6 is 34.8 Å². The highest BCUT2D eigenvalue weighted by molar-refractivity contribution is 7.92. The van der Waals surface area contributed by atoms with Gasteiger partial charge in [-0.15, -0.1) is 0 Å². The Morgan fingerprint density at radius 3 is 2.09 bits per heavy atom. The Bertz CT molecular complexity index is 1820. The number of carbonyl (C=O) groups excluding carboxylic acids is 2. The van der Waals surface area contributed by atoms with Gasteiger partial charge in [0.1, 0.15) is 12.6 Å². The second-order valence-electron chi connectivity index (χ2n) is 11.8. The van der Waals surface area contributed by atoms with E-state index in [1.165, 1.54) is 29.2 Å². The van der Waals surface area contributed by atoms with Gasteiger partial charge in [-0.2, -0.15) is 0 Å². The van der Waals surface area contributed by atoms with Gasteiger partial charge in [0.25, 0.3) is 10.0 Å². The zero-order valence-corrected chi connectivity index (χ0v) is 29.8. The van der Waals surface area contributed by atoms with E-state index in [0.717, 1.165) is 21.0 Å². The quantitative estimate of drug-likeness (QED) is 0.153. The van der Waals surface area contributed by atoms with Gasteiger partial charge in [-0.05, 0) is 90.6 Å². The summed E-state index contributed by atoms with van der Waals surface area (Å²) in [5.41, 5.74) is 3.60. The number of sulfonamides is 1. The molecule has 248 valence electrons. The Morgan fingerprint density at radius 1 is 0.787 bits per heavy atom. The second kappa shape index (κ2) is 16.0. The predicted octanol–water partition coefficient (Wildman–Crippen LogP) is 7.87. The third kappa shape index (κ3) is 9.51. The average Bonchev–Trinajstić information content (AvgIpc) is 3.04. The van der Waals surface area contributed by atoms with Gasteiger partial charge in [-0.3, -0.25) is 13.9 Å². The maximum absolute atomic E-state index is 14.6. The van der Waals surface area contributed by atoms with Crippen LogP contribution < -0.4 is 9.62 Å². The van der Waals surface area contributed by atoms with Crippen molar-refractivity contribution in [1.82, 2.24) is 10.2 Å². The summed E-state index contributed by atoms with van der Waals surface area (Å²) in [6, 6.07) is 24.4. The Balaban J connectivity index is 1.83. The fraction of sp³-hybridized carbons (Fsp3) is 0.278. The van der Waals surface area contributed by atoms with Crippen LogP contribution in [0.25, 0.3) is 0 Å². The van der Waals surface area contributed by atoms with Crippen LogP contribution in [0.1, 0.15) is 36.1 Å². The molecule has 4 aromatic rings. The molecule has 11 heteroatoms. The van der Waals surface area contributed by atoms with Crippen molar-refractivity contribution in [2.45, 2.75) is 51.6 Å². The third-order valence-electron chi connectivity index (χ3n) is 7.75. The first-order valence-corrected chi connectivity index (χ1v) is 17.7. The topological polar surface area (TPSA) is 86.8 Å². The molecular formula is C36H38Cl3N3O4S. The van der Waals surface area contributed by atoms with Crippen LogP contribution in [0.5, 0.6) is 0 Å². The van der Waals surface area contributed by atoms with Crippen molar-refractivity contribution in [3.63, 3.8) is 0 Å². The fourth-order valence-corrected chi connectivity index (χ4v) is 6.81. The van der Waals surface area contributed by atoms with Crippen molar-refractivity contribution in [1.29, 1.82) is 0 Å². The molecule has 0 bridgehead atoms. The van der Waals surface area contributed by atoms with E-state index in [9.17, 15) is 18.0 Å². The van der Waals surface area contributed by atoms with Gasteiger partial charge in [-0.25, -0.2) is 8.42 Å². The van der Waals surface area contributed by atoms with Gasteiger partial charge < -0.3 is 10.2 Å². The van der Waals surface area contributed by atoms with Crippen LogP contribution in [0.4, 0.5) is 5.69 Å². The Kier molecular flexibility index (Phi) is 12.4. The van der Waals surface area contributed by atoms with Gasteiger partial charge in [0.05, 0.1) is 20.6 Å². The molecule has 0 spiro atoms. The largest absolute Gasteiger partial charge is 0.354 e. The van der Waals surface area contributed by atoms with Crippen molar-refractivity contribution in [3.05, 3.63) is 128 Å². The van der Waals surface area contributed by atoms with Crippen LogP contribution in [0.2, 0.25) is 15.1 Å². The van der Waals surface area contributed by atoms with Gasteiger partial charge in [-0.1, -0.05) is 91.1 Å². The van der Waals surface area contributed by atoms with E-state index in [1.807, 2.05) is 64.1 Å². The molecule has 1 N–H and O–H groups in total. The molecule has 2 amide bonds. The summed E-state index contributed by atoms with van der Waals surface area (Å²) in [7, 11) is -4.25. The summed E-state index contributed by atoms with van der Waals surface area (Å²) >= 11 is 18.6. The highest BCUT2D eigenvalue weighted by atomic mass is 35.5. The lowest BCUT2D eigenvalue weighted by Crippen LogP contribution is -2.53. The van der Waals surface area contributed by atoms with Crippen molar-refractivity contribution in [2.75, 3.05) is 17.4 Å². The van der Waals surface area contributed by atoms with E-state index in [-0.39, 0.29) is 29.7 Å². The van der Waals surface area contributed by atoms with E-state index in [0.29, 0.717) is 32.9 Å². The van der Waals surface area contributed by atoms with Crippen LogP contribution in [0.15, 0.2) is 95.9 Å². The Hall–Kier alpha value is -3.56. The summed E-state index contributed by atoms with van der Waals surface area (Å²) in [5.74, 6) is -0.762. The molecular weight excluding hydrogens is 677 g/mol. The first-order valence-electron chi connectivity index (χ1n) is 15.2. The van der Waals surface area contributed by atoms with E-state index in [4.69, 9.17) is 34.8 Å². The highest BCUT2D eigenvalue weighted by Gasteiger charge is 2.35. The maximum Gasteiger partial charge on any atom is 0.264 e. The SMILES string of the molecule is Cc1ccc(N(CC(=O)N(Cc2ccc(Cl)c(Cl)c2)C(Cc2ccccc2)C(=O)NCC(C)C)S(=O)(=O)c2ccc(Cl)cc2)cc1C. The number of rotatable bonds is 13. The van der Waals surface area contributed by atoms with E-state index >= 15 is 0 Å². The van der Waals surface area contributed by atoms with Crippen molar-refractivity contribution >= 4 is 62.3 Å². The van der Waals surface area contributed by atoms with E-state index in [2.05, 4.69) is 5.32 Å². The molecule has 0 saturated carbocycles. The number of aryl methyl sites for hydroxylation is 2. The molecule has 0 aliphatic heterocycles. The number of nitrogens with zero attached hydrogens (tertiary/aromatic N) is 2. The van der Waals surface area contributed by atoms with Crippen LogP contribution in [-0.2, 0) is 32.6 Å². The average molecular weight is 715 g/mol. The number of amides is 2. The summed E-state index contributed by atoms with van der Waals surface area (Å²) in [5, 5.41) is 4.00. The monoisotopic (exact) mass is 713 g/mol. The normalized spacial score (nSPS) is 12.1. The molecule has 0 fully saturated rings. The van der Waals surface area contributed by atoms with Gasteiger partial charge >= 0.3 is 0 Å². The Morgan fingerprint density at radius 2 is 1.47 bits per heavy atom. The van der Waals surface area contributed by atoms with Crippen LogP contribution in [0.3, 0.4) is 0 Å². The molecule has 4 rings (SSSR count). The number of nitrogens with one attached hydrogen (secondary N) is 1. The summed E-state index contributed by atoms with van der Waals surface area (Å²) in [6.45, 7) is 7.56. The minimum absolute atomic E-state index is 0.0237. The number of hydrogen-bond donors (Lipinski definition) is 1. The fourth-order valence-electron chi connectivity index (χ4n) is 4.95. The van der Waals surface area contributed by atoms with Crippen LogP contribution in [0, 0.1) is 19.8 Å². The lowest BCUT2D eigenvalue weighted by molar-refractivity contribution is -0.140. The third-order valence-corrected chi connectivity index (χ3v) is 10.5. The second-order valence-corrected chi connectivity index (χ2v) is 15.0. The minimum Gasteiger partial charge on any atom is -0.354 e. The molecule has 4 aromatic carbocycles. The van der Waals surface area contributed by atoms with Gasteiger partial charge in [0, 0.05) is 24.5 Å². The molecule has 7 nitrogen and oxygen atoms in total. The molecule has 0 aliphatic carbocycles. The van der Waals surface area contributed by atoms with Crippen molar-refractivity contribution in [2.24, 2.45) is 5.92 Å². The lowest BCUT2D eigenvalue weighted by atomic mass is 10.0. The van der Waals surface area contributed by atoms with Gasteiger partial charge in [0.15, 0.2) is 0 Å². The predicted molar refractivity (Wildman–Crippen MR) is 191 cm³/mol. The maximum atomic E-state index is 14.6. The van der Waals surface area contributed by atoms with Gasteiger partial charge in [0.2, 0.25) is 11.8 Å². The molecule has 0 saturated heterocycles. The minimum atomic E-state index is -4.25. The molecule has 0 aromatic heterocycles. The molecule has 0 aliphatic rings. The Labute approximate surface area is 292 Å². The molecule has 1 atom stereocenters. The summed E-state index contributed by atoms with van der Waals surface area (Å²) in [6.07, 6.45) is 0.200. The summed E-state index contributed by atoms with van der Waals surface area (Å²) < 4.78 is 29.5. The van der Waals surface area contributed by atoms with Crippen molar-refractivity contribution in [3.8, 4) is 0 Å². The standard InChI is InChI=1S/C36H38Cl3N3O4S/c1-24(2)21-40-36(44)34(20-27-8-6-5-7-9-27)41(22-28-11-17-32(38)33(39)19-28)35(43)23-42(30-14-10-25(3)26(4)18-30)47(45,46)31-15-12-29(37)13-16-31/h5-19,24,34H,20-23H2,1-4H3,(H,40,44). The summed E-state index contributed by atoms with van der Waals surface area (Å²) in [4.78, 5) is 29.9. The molecule has 1 unspecified atom stereocenters. The van der Waals surface area contributed by atoms with Crippen LogP contribution in [-0.4, -0.2) is 44.3 Å². The van der Waals surface area contributed by atoms with Crippen molar-refractivity contribution < 1.29 is 18.0 Å². The number of halogens is 3. The smallest absolute Gasteiger partial charge is 0.264 e. The number of carbonyl (C=O) groups is 2. The van der Waals surface area contributed by atoms with E-state index < -0.39 is 28.5 Å². The highest BCUT2D eigenvalue weighted by Crippen LogP contribution is 2.28. The molecule has 0 heterocycles.